The maximum atomic E-state index is 10.3. The van der Waals surface area contributed by atoms with Crippen LogP contribution in [0.25, 0.3) is 0 Å². The van der Waals surface area contributed by atoms with Gasteiger partial charge in [-0.2, -0.15) is 0 Å². The number of aromatic carboxylic acids is 2. The molecule has 0 unspecified atom stereocenters. The Bertz CT molecular complexity index is 554. The number of hydrogen-bond donors (Lipinski definition) is 0. The van der Waals surface area contributed by atoms with Crippen molar-refractivity contribution >= 4 is 29.8 Å². The molecule has 0 saturated heterocycles. The van der Waals surface area contributed by atoms with Crippen molar-refractivity contribution in [1.29, 1.82) is 0 Å². The summed E-state index contributed by atoms with van der Waals surface area (Å²) in [6.07, 6.45) is -0.940. The van der Waals surface area contributed by atoms with Gasteiger partial charge in [0, 0.05) is 29.0 Å². The Balaban J connectivity index is 0. The van der Waals surface area contributed by atoms with Crippen LogP contribution in [0.3, 0.4) is 0 Å². The van der Waals surface area contributed by atoms with Gasteiger partial charge in [0.25, 0.3) is 0 Å². The van der Waals surface area contributed by atoms with Crippen molar-refractivity contribution in [3.05, 3.63) is 35.4 Å². The minimum absolute atomic E-state index is 0.363. The molecular weight excluding hydrogens is 328 g/mol. The van der Waals surface area contributed by atoms with E-state index in [-0.39, 0.29) is 11.1 Å². The molecule has 0 aromatic heterocycles. The van der Waals surface area contributed by atoms with E-state index < -0.39 is 42.7 Å². The average Bonchev–Trinajstić information content (AvgIpc) is 2.45. The smallest absolute Gasteiger partial charge is 0.0721 e. The van der Waals surface area contributed by atoms with Gasteiger partial charge in [-0.3, -0.25) is 0 Å². The quantitative estimate of drug-likeness (QED) is 0.497. The molecule has 0 heterocycles. The third-order valence-corrected chi connectivity index (χ3v) is 1.90. The van der Waals surface area contributed by atoms with E-state index in [2.05, 4.69) is 0 Å². The van der Waals surface area contributed by atoms with E-state index in [0.29, 0.717) is 0 Å². The molecule has 10 nitrogen and oxygen atoms in total. The van der Waals surface area contributed by atoms with Crippen molar-refractivity contribution in [1.82, 2.24) is 0 Å². The molecule has 1 aromatic rings. The Labute approximate surface area is 135 Å². The normalized spacial score (nSPS) is 8.54. The molecule has 0 atom stereocenters. The van der Waals surface area contributed by atoms with Crippen LogP contribution in [0.5, 0.6) is 0 Å². The van der Waals surface area contributed by atoms with Gasteiger partial charge in [0.1, 0.15) is 0 Å². The van der Waals surface area contributed by atoms with Gasteiger partial charge >= 0.3 is 0 Å². The van der Waals surface area contributed by atoms with Crippen LogP contribution in [0.2, 0.25) is 0 Å². The van der Waals surface area contributed by atoms with Crippen LogP contribution in [0.15, 0.2) is 24.3 Å². The summed E-state index contributed by atoms with van der Waals surface area (Å²) in [4.78, 5) is 48.5. The molecule has 0 bridgehead atoms. The molecule has 0 aliphatic rings. The number of benzene rings is 1. The summed E-state index contributed by atoms with van der Waals surface area (Å²) in [6, 6.07) is 5.14. The summed E-state index contributed by atoms with van der Waals surface area (Å²) in [5.74, 6) is -6.85. The van der Waals surface area contributed by atoms with Gasteiger partial charge in [0.05, 0.1) is 11.9 Å². The van der Waals surface area contributed by atoms with E-state index in [1.807, 2.05) is 0 Å². The Hall–Kier alpha value is -3.43. The lowest BCUT2D eigenvalue weighted by Gasteiger charge is -2.09. The van der Waals surface area contributed by atoms with Gasteiger partial charge in [-0.25, -0.2) is 0 Å². The van der Waals surface area contributed by atoms with Gasteiger partial charge in [0.15, 0.2) is 0 Å². The van der Waals surface area contributed by atoms with Crippen LogP contribution in [-0.2, 0) is 14.4 Å². The Kier molecular flexibility index (Phi) is 11.6. The number of carbonyl (C=O) groups is 5. The zero-order valence-corrected chi connectivity index (χ0v) is 12.3. The zero-order valence-electron chi connectivity index (χ0n) is 12.3. The molecule has 0 amide bonds. The first-order valence-electron chi connectivity index (χ1n) is 6.08. The summed E-state index contributed by atoms with van der Waals surface area (Å²) >= 11 is 0. The lowest BCUT2D eigenvalue weighted by atomic mass is 10.1. The predicted molar refractivity (Wildman–Crippen MR) is 65.0 cm³/mol. The fourth-order valence-electron chi connectivity index (χ4n) is 1.04. The minimum Gasteiger partial charge on any atom is -0.550 e. The Morgan fingerprint density at radius 1 is 0.708 bits per heavy atom. The second-order valence-electron chi connectivity index (χ2n) is 3.86. The second kappa shape index (κ2) is 12.1. The fourth-order valence-corrected chi connectivity index (χ4v) is 1.04. The standard InChI is InChI=1S/C8H6O4.C4H6O4.C2H4O2/c9-7(10)5-3-1-2-4-6(5)8(11)12;5-3(6)1-2-4(7)8;1-2(3)4/h1-4H,(H,9,10)(H,11,12);1-2H2,(H,5,6)(H,7,8);1H3,(H,3,4)/p-5. The van der Waals surface area contributed by atoms with E-state index in [4.69, 9.17) is 9.90 Å². The Morgan fingerprint density at radius 2 is 0.958 bits per heavy atom. The highest BCUT2D eigenvalue weighted by Crippen LogP contribution is 2.05. The number of carboxylic acids is 5. The van der Waals surface area contributed by atoms with Crippen molar-refractivity contribution < 1.29 is 49.5 Å². The van der Waals surface area contributed by atoms with E-state index in [0.717, 1.165) is 19.1 Å². The minimum atomic E-state index is -1.52. The lowest BCUT2D eigenvalue weighted by Crippen LogP contribution is -2.29. The number of carboxylic acid groups (broad SMARTS) is 5. The van der Waals surface area contributed by atoms with E-state index in [1.54, 1.807) is 0 Å². The van der Waals surface area contributed by atoms with Crippen LogP contribution in [0.4, 0.5) is 0 Å². The third kappa shape index (κ3) is 13.5. The second-order valence-corrected chi connectivity index (χ2v) is 3.86. The Morgan fingerprint density at radius 3 is 1.12 bits per heavy atom. The van der Waals surface area contributed by atoms with Crippen molar-refractivity contribution in [2.45, 2.75) is 19.8 Å². The zero-order chi connectivity index (χ0) is 19.3. The summed E-state index contributed by atoms with van der Waals surface area (Å²) in [5.41, 5.74) is -0.727. The molecule has 0 N–H and O–H groups in total. The fraction of sp³-hybridized carbons (Fsp3) is 0.214. The lowest BCUT2D eigenvalue weighted by molar-refractivity contribution is -0.315. The van der Waals surface area contributed by atoms with Gasteiger partial charge in [0.2, 0.25) is 0 Å². The topological polar surface area (TPSA) is 201 Å². The summed E-state index contributed by atoms with van der Waals surface area (Å²) in [5, 5.41) is 48.5. The molecule has 24 heavy (non-hydrogen) atoms. The first-order chi connectivity index (χ1) is 11.0. The number of rotatable bonds is 5. The van der Waals surface area contributed by atoms with Crippen LogP contribution < -0.4 is 25.5 Å². The van der Waals surface area contributed by atoms with Gasteiger partial charge in [-0.15, -0.1) is 0 Å². The maximum absolute atomic E-state index is 10.3. The number of carbonyl (C=O) groups excluding carboxylic acids is 5. The van der Waals surface area contributed by atoms with Gasteiger partial charge in [-0.05, 0) is 19.8 Å². The molecular formula is C14H11O10-5. The molecule has 0 radical (unpaired) electrons. The molecule has 1 rings (SSSR count). The van der Waals surface area contributed by atoms with Crippen molar-refractivity contribution in [3.8, 4) is 0 Å². The van der Waals surface area contributed by atoms with E-state index >= 15 is 0 Å². The highest BCUT2D eigenvalue weighted by atomic mass is 16.4. The predicted octanol–water partition coefficient (Wildman–Crippen LogP) is -5.56. The largest absolute Gasteiger partial charge is 0.550 e. The van der Waals surface area contributed by atoms with Crippen molar-refractivity contribution in [2.75, 3.05) is 0 Å². The molecule has 132 valence electrons. The maximum Gasteiger partial charge on any atom is 0.0721 e. The highest BCUT2D eigenvalue weighted by molar-refractivity contribution is 5.99. The monoisotopic (exact) mass is 339 g/mol. The van der Waals surface area contributed by atoms with Gasteiger partial charge < -0.3 is 49.5 Å². The number of hydrogen-bond acceptors (Lipinski definition) is 10. The average molecular weight is 339 g/mol. The summed E-state index contributed by atoms with van der Waals surface area (Å²) < 4.78 is 0. The van der Waals surface area contributed by atoms with Crippen LogP contribution in [0.1, 0.15) is 40.5 Å². The van der Waals surface area contributed by atoms with Crippen LogP contribution in [0, 0.1) is 0 Å². The molecule has 0 spiro atoms. The molecule has 0 aliphatic carbocycles. The highest BCUT2D eigenvalue weighted by Gasteiger charge is 2.01. The first-order valence-corrected chi connectivity index (χ1v) is 6.08. The third-order valence-electron chi connectivity index (χ3n) is 1.90. The van der Waals surface area contributed by atoms with Crippen LogP contribution in [-0.4, -0.2) is 29.8 Å². The SMILES string of the molecule is CC(=O)[O-].O=C([O-])CCC(=O)[O-].O=C([O-])c1ccccc1C(=O)[O-]. The molecule has 10 heteroatoms. The molecule has 0 aliphatic heterocycles. The van der Waals surface area contributed by atoms with Crippen LogP contribution >= 0.6 is 0 Å². The number of aliphatic carboxylic acids is 3. The van der Waals surface area contributed by atoms with E-state index in [9.17, 15) is 39.6 Å². The molecule has 0 saturated carbocycles. The van der Waals surface area contributed by atoms with Crippen molar-refractivity contribution in [2.24, 2.45) is 0 Å². The van der Waals surface area contributed by atoms with Gasteiger partial charge in [-0.1, -0.05) is 24.3 Å². The molecule has 1 aromatic carbocycles. The summed E-state index contributed by atoms with van der Waals surface area (Å²) in [6.45, 7) is 0.972. The molecule has 0 fully saturated rings. The van der Waals surface area contributed by atoms with Crippen molar-refractivity contribution in [3.63, 3.8) is 0 Å². The summed E-state index contributed by atoms with van der Waals surface area (Å²) in [7, 11) is 0. The first kappa shape index (κ1) is 22.8. The van der Waals surface area contributed by atoms with E-state index in [1.165, 1.54) is 12.1 Å².